The van der Waals surface area contributed by atoms with Crippen LogP contribution in [0.2, 0.25) is 0 Å². The Hall–Kier alpha value is -3.91. The van der Waals surface area contributed by atoms with Crippen LogP contribution < -0.4 is 10.0 Å². The molecule has 0 aliphatic rings. The molecular formula is C24H21N3O4S. The maximum absolute atomic E-state index is 12.7. The topological polar surface area (TPSA) is 101 Å². The molecule has 0 radical (unpaired) electrons. The lowest BCUT2D eigenvalue weighted by Crippen LogP contribution is -2.15. The van der Waals surface area contributed by atoms with Gasteiger partial charge in [0.1, 0.15) is 0 Å². The van der Waals surface area contributed by atoms with Crippen LogP contribution in [-0.4, -0.2) is 19.3 Å². The Morgan fingerprint density at radius 2 is 1.69 bits per heavy atom. The summed E-state index contributed by atoms with van der Waals surface area (Å²) in [5.41, 5.74) is 4.25. The smallest absolute Gasteiger partial charge is 0.261 e. The van der Waals surface area contributed by atoms with E-state index in [0.29, 0.717) is 22.7 Å². The Balaban J connectivity index is 1.47. The second kappa shape index (κ2) is 8.68. The molecule has 1 aromatic heterocycles. The van der Waals surface area contributed by atoms with Gasteiger partial charge in [0.05, 0.1) is 11.1 Å². The van der Waals surface area contributed by atoms with Gasteiger partial charge in [-0.1, -0.05) is 18.2 Å². The minimum absolute atomic E-state index is 0.0691. The van der Waals surface area contributed by atoms with Gasteiger partial charge in [-0.15, -0.1) is 0 Å². The fraction of sp³-hybridized carbons (Fsp3) is 0.0833. The Morgan fingerprint density at radius 1 is 0.906 bits per heavy atom. The number of nitrogens with zero attached hydrogens (tertiary/aromatic N) is 1. The summed E-state index contributed by atoms with van der Waals surface area (Å²) in [5.74, 6) is 0.234. The van der Waals surface area contributed by atoms with Gasteiger partial charge < -0.3 is 9.73 Å². The van der Waals surface area contributed by atoms with E-state index in [2.05, 4.69) is 15.0 Å². The van der Waals surface area contributed by atoms with E-state index in [-0.39, 0.29) is 10.8 Å². The summed E-state index contributed by atoms with van der Waals surface area (Å²) in [5, 5.41) is 2.80. The first-order valence-electron chi connectivity index (χ1n) is 9.82. The average molecular weight is 448 g/mol. The van der Waals surface area contributed by atoms with Gasteiger partial charge in [-0.25, -0.2) is 13.4 Å². The van der Waals surface area contributed by atoms with Crippen LogP contribution in [-0.2, 0) is 10.0 Å². The number of aryl methyl sites for hydroxylation is 2. The summed E-state index contributed by atoms with van der Waals surface area (Å²) in [4.78, 5) is 16.6. The van der Waals surface area contributed by atoms with Gasteiger partial charge in [0.25, 0.3) is 15.9 Å². The fourth-order valence-electron chi connectivity index (χ4n) is 3.12. The quantitative estimate of drug-likeness (QED) is 0.433. The molecule has 3 aromatic carbocycles. The number of sulfonamides is 1. The van der Waals surface area contributed by atoms with Crippen molar-refractivity contribution in [2.24, 2.45) is 0 Å². The first-order valence-corrected chi connectivity index (χ1v) is 11.3. The van der Waals surface area contributed by atoms with Gasteiger partial charge in [0, 0.05) is 22.5 Å². The SMILES string of the molecule is Cc1ccc(NS(=O)(=O)c2ccc(C(=O)Nc3cccc(-c4cnco4)c3)cc2)cc1C. The number of hydrogen-bond acceptors (Lipinski definition) is 5. The highest BCUT2D eigenvalue weighted by molar-refractivity contribution is 7.92. The molecule has 8 heteroatoms. The van der Waals surface area contributed by atoms with Crippen molar-refractivity contribution >= 4 is 27.3 Å². The van der Waals surface area contributed by atoms with Gasteiger partial charge in [-0.2, -0.15) is 0 Å². The Labute approximate surface area is 186 Å². The zero-order valence-corrected chi connectivity index (χ0v) is 18.3. The second-order valence-corrected chi connectivity index (χ2v) is 9.01. The third kappa shape index (κ3) is 4.70. The average Bonchev–Trinajstić information content (AvgIpc) is 3.31. The highest BCUT2D eigenvalue weighted by Crippen LogP contribution is 2.23. The zero-order valence-electron chi connectivity index (χ0n) is 17.5. The summed E-state index contributed by atoms with van der Waals surface area (Å²) in [7, 11) is -3.77. The monoisotopic (exact) mass is 447 g/mol. The van der Waals surface area contributed by atoms with Crippen LogP contribution in [0.25, 0.3) is 11.3 Å². The van der Waals surface area contributed by atoms with E-state index < -0.39 is 10.0 Å². The minimum atomic E-state index is -3.77. The molecule has 0 aliphatic carbocycles. The van der Waals surface area contributed by atoms with E-state index >= 15 is 0 Å². The number of benzene rings is 3. The molecule has 0 aliphatic heterocycles. The molecule has 4 aromatic rings. The molecule has 162 valence electrons. The zero-order chi connectivity index (χ0) is 22.7. The van der Waals surface area contributed by atoms with E-state index in [1.165, 1.54) is 30.7 Å². The van der Waals surface area contributed by atoms with E-state index in [9.17, 15) is 13.2 Å². The minimum Gasteiger partial charge on any atom is -0.444 e. The van der Waals surface area contributed by atoms with Crippen LogP contribution in [0.15, 0.2) is 88.6 Å². The molecule has 1 heterocycles. The van der Waals surface area contributed by atoms with Crippen molar-refractivity contribution in [3.05, 3.63) is 96.0 Å². The van der Waals surface area contributed by atoms with Crippen molar-refractivity contribution < 1.29 is 17.6 Å². The predicted octanol–water partition coefficient (Wildman–Crippen LogP) is 5.01. The number of rotatable bonds is 6. The standard InChI is InChI=1S/C24H21N3O4S/c1-16-6-9-21(12-17(16)2)27-32(29,30)22-10-7-18(8-11-22)24(28)26-20-5-3-4-19(13-20)23-14-25-15-31-23/h3-15,27H,1-2H3,(H,26,28). The molecule has 4 rings (SSSR count). The van der Waals surface area contributed by atoms with Crippen molar-refractivity contribution in [1.29, 1.82) is 0 Å². The van der Waals surface area contributed by atoms with Crippen molar-refractivity contribution in [2.45, 2.75) is 18.7 Å². The summed E-state index contributed by atoms with van der Waals surface area (Å²) < 4.78 is 33.2. The van der Waals surface area contributed by atoms with Crippen molar-refractivity contribution in [3.63, 3.8) is 0 Å². The fourth-order valence-corrected chi connectivity index (χ4v) is 4.17. The molecule has 0 bridgehead atoms. The van der Waals surface area contributed by atoms with Crippen LogP contribution >= 0.6 is 0 Å². The van der Waals surface area contributed by atoms with Crippen molar-refractivity contribution in [2.75, 3.05) is 10.0 Å². The highest BCUT2D eigenvalue weighted by Gasteiger charge is 2.16. The van der Waals surface area contributed by atoms with Crippen molar-refractivity contribution in [3.8, 4) is 11.3 Å². The molecule has 1 amide bonds. The number of carbonyl (C=O) groups is 1. The van der Waals surface area contributed by atoms with Gasteiger partial charge in [-0.3, -0.25) is 9.52 Å². The second-order valence-electron chi connectivity index (χ2n) is 7.33. The van der Waals surface area contributed by atoms with Crippen LogP contribution in [0.5, 0.6) is 0 Å². The molecule has 0 saturated carbocycles. The molecule has 0 atom stereocenters. The van der Waals surface area contributed by atoms with E-state index in [1.54, 1.807) is 36.5 Å². The van der Waals surface area contributed by atoms with Crippen LogP contribution in [0, 0.1) is 13.8 Å². The number of hydrogen-bond donors (Lipinski definition) is 2. The molecule has 0 fully saturated rings. The van der Waals surface area contributed by atoms with Crippen LogP contribution in [0.1, 0.15) is 21.5 Å². The van der Waals surface area contributed by atoms with Gasteiger partial charge >= 0.3 is 0 Å². The largest absolute Gasteiger partial charge is 0.444 e. The Bertz CT molecular complexity index is 1360. The predicted molar refractivity (Wildman–Crippen MR) is 123 cm³/mol. The first kappa shape index (κ1) is 21.3. The molecular weight excluding hydrogens is 426 g/mol. The third-order valence-electron chi connectivity index (χ3n) is 5.02. The highest BCUT2D eigenvalue weighted by atomic mass is 32.2. The van der Waals surface area contributed by atoms with Crippen LogP contribution in [0.3, 0.4) is 0 Å². The van der Waals surface area contributed by atoms with Crippen LogP contribution in [0.4, 0.5) is 11.4 Å². The summed E-state index contributed by atoms with van der Waals surface area (Å²) in [6, 6.07) is 18.3. The third-order valence-corrected chi connectivity index (χ3v) is 6.42. The normalized spacial score (nSPS) is 11.2. The summed E-state index contributed by atoms with van der Waals surface area (Å²) in [6.45, 7) is 3.88. The summed E-state index contributed by atoms with van der Waals surface area (Å²) >= 11 is 0. The summed E-state index contributed by atoms with van der Waals surface area (Å²) in [6.07, 6.45) is 2.93. The lowest BCUT2D eigenvalue weighted by Gasteiger charge is -2.11. The number of oxazole rings is 1. The Kier molecular flexibility index (Phi) is 5.79. The number of anilines is 2. The van der Waals surface area contributed by atoms with E-state index in [1.807, 2.05) is 26.0 Å². The number of amides is 1. The molecule has 2 N–H and O–H groups in total. The number of aromatic nitrogens is 1. The van der Waals surface area contributed by atoms with Crippen molar-refractivity contribution in [1.82, 2.24) is 4.98 Å². The molecule has 32 heavy (non-hydrogen) atoms. The lowest BCUT2D eigenvalue weighted by molar-refractivity contribution is 0.102. The molecule has 0 spiro atoms. The molecule has 7 nitrogen and oxygen atoms in total. The number of carbonyl (C=O) groups excluding carboxylic acids is 1. The molecule has 0 unspecified atom stereocenters. The van der Waals surface area contributed by atoms with Gasteiger partial charge in [0.2, 0.25) is 0 Å². The number of nitrogens with one attached hydrogen (secondary N) is 2. The van der Waals surface area contributed by atoms with Gasteiger partial charge in [-0.05, 0) is 73.5 Å². The van der Waals surface area contributed by atoms with Gasteiger partial charge in [0.15, 0.2) is 12.2 Å². The lowest BCUT2D eigenvalue weighted by atomic mass is 10.1. The maximum atomic E-state index is 12.7. The molecule has 0 saturated heterocycles. The first-order chi connectivity index (χ1) is 15.3. The van der Waals surface area contributed by atoms with E-state index in [4.69, 9.17) is 4.42 Å². The maximum Gasteiger partial charge on any atom is 0.261 e. The van der Waals surface area contributed by atoms with E-state index in [0.717, 1.165) is 16.7 Å². The Morgan fingerprint density at radius 3 is 2.38 bits per heavy atom.